The van der Waals surface area contributed by atoms with Gasteiger partial charge in [-0.1, -0.05) is 183 Å². The first kappa shape index (κ1) is 31.3. The van der Waals surface area contributed by atoms with Crippen molar-refractivity contribution in [2.75, 3.05) is 0 Å². The topological polar surface area (TPSA) is 38.5 Å². The molecule has 3 nitrogen and oxygen atoms in total. The van der Waals surface area contributed by atoms with Crippen molar-refractivity contribution in [3.63, 3.8) is 0 Å². The van der Waals surface area contributed by atoms with Gasteiger partial charge < -0.3 is 15.6 Å². The van der Waals surface area contributed by atoms with Crippen LogP contribution in [0.1, 0.15) is 76.3 Å². The zero-order valence-electron chi connectivity index (χ0n) is 30.3. The summed E-state index contributed by atoms with van der Waals surface area (Å²) in [4.78, 5) is 5.51. The molecule has 0 fully saturated rings. The Labute approximate surface area is 316 Å². The molecule has 1 spiro atoms. The largest absolute Gasteiger partial charge is 0.445 e. The quantitative estimate of drug-likeness (QED) is 0.184. The fourth-order valence-electron chi connectivity index (χ4n) is 9.93. The van der Waals surface area contributed by atoms with Crippen molar-refractivity contribution in [3.8, 4) is 11.1 Å². The maximum atomic E-state index is 5.51. The summed E-state index contributed by atoms with van der Waals surface area (Å²) in [5.41, 5.74) is 13.3. The zero-order valence-corrected chi connectivity index (χ0v) is 30.3. The summed E-state index contributed by atoms with van der Waals surface area (Å²) in [5.74, 6) is 0.761. The molecular weight excluding hydrogens is 655 g/mol. The summed E-state index contributed by atoms with van der Waals surface area (Å²) in [6, 6.07) is 64.5. The molecule has 1 heterocycles. The van der Waals surface area contributed by atoms with Crippen LogP contribution in [0.25, 0.3) is 38.0 Å². The molecule has 8 aromatic rings. The van der Waals surface area contributed by atoms with Gasteiger partial charge in [0.15, 0.2) is 0 Å². The number of aliphatic imine (C=N–C) groups is 1. The number of fused-ring (bicyclic) bond motifs is 12. The van der Waals surface area contributed by atoms with Crippen molar-refractivity contribution in [3.05, 3.63) is 231 Å². The highest BCUT2D eigenvalue weighted by Gasteiger charge is 2.53. The van der Waals surface area contributed by atoms with Gasteiger partial charge in [-0.3, -0.25) is 0 Å². The van der Waals surface area contributed by atoms with Crippen LogP contribution in [-0.4, -0.2) is 5.84 Å². The van der Waals surface area contributed by atoms with Crippen molar-refractivity contribution in [2.45, 2.75) is 37.0 Å². The highest BCUT2D eigenvalue weighted by molar-refractivity contribution is 6.12. The second-order valence-corrected chi connectivity index (χ2v) is 15.5. The highest BCUT2D eigenvalue weighted by Crippen LogP contribution is 2.62. The van der Waals surface area contributed by atoms with E-state index in [0.717, 1.165) is 22.5 Å². The highest BCUT2D eigenvalue weighted by atomic mass is 15.3. The summed E-state index contributed by atoms with van der Waals surface area (Å²) in [6.45, 7) is 4.75. The van der Waals surface area contributed by atoms with Gasteiger partial charge in [-0.25, -0.2) is 0 Å². The summed E-state index contributed by atoms with van der Waals surface area (Å²) in [5, 5.41) is 14.1. The molecule has 2 unspecified atom stereocenters. The molecule has 3 heteroatoms. The second kappa shape index (κ2) is 11.6. The Balaban J connectivity index is 1.16. The minimum atomic E-state index is -0.481. The summed E-state index contributed by atoms with van der Waals surface area (Å²) in [6.07, 6.45) is -0.584. The van der Waals surface area contributed by atoms with Gasteiger partial charge >= 0.3 is 0 Å². The van der Waals surface area contributed by atoms with Gasteiger partial charge in [-0.05, 0) is 94.9 Å². The molecule has 0 bridgehead atoms. The van der Waals surface area contributed by atoms with Crippen LogP contribution in [0.4, 0.5) is 0 Å². The minimum absolute atomic E-state index is 0.152. The van der Waals surface area contributed by atoms with E-state index < -0.39 is 5.41 Å². The SMILES string of the molecule is CC1(C)c2ccccc2C2(c3ccccc3-c3ccc(C4=NC(c5cc6ccccc6c6ccccc56)NC(c5ccccc5)[N-]4)cc32)c2ccccc21. The van der Waals surface area contributed by atoms with Crippen molar-refractivity contribution in [1.29, 1.82) is 0 Å². The Morgan fingerprint density at radius 2 is 1.07 bits per heavy atom. The average Bonchev–Trinajstić information content (AvgIpc) is 3.53. The molecule has 0 radical (unpaired) electrons. The second-order valence-electron chi connectivity index (χ2n) is 15.5. The first-order valence-electron chi connectivity index (χ1n) is 19.0. The van der Waals surface area contributed by atoms with Crippen molar-refractivity contribution in [2.24, 2.45) is 4.99 Å². The minimum Gasteiger partial charge on any atom is -0.445 e. The van der Waals surface area contributed by atoms with E-state index in [-0.39, 0.29) is 17.7 Å². The van der Waals surface area contributed by atoms with E-state index in [0.29, 0.717) is 0 Å². The van der Waals surface area contributed by atoms with E-state index in [1.165, 1.54) is 66.1 Å². The molecule has 258 valence electrons. The van der Waals surface area contributed by atoms with Crippen LogP contribution in [0.5, 0.6) is 0 Å². The van der Waals surface area contributed by atoms with Crippen molar-refractivity contribution in [1.82, 2.24) is 5.32 Å². The van der Waals surface area contributed by atoms with Gasteiger partial charge in [0.25, 0.3) is 0 Å². The van der Waals surface area contributed by atoms with Crippen molar-refractivity contribution < 1.29 is 0 Å². The van der Waals surface area contributed by atoms with Crippen LogP contribution < -0.4 is 5.32 Å². The molecule has 0 amide bonds. The van der Waals surface area contributed by atoms with Crippen LogP contribution >= 0.6 is 0 Å². The number of hydrogen-bond donors (Lipinski definition) is 1. The third-order valence-corrected chi connectivity index (χ3v) is 12.3. The number of benzene rings is 8. The average molecular weight is 693 g/mol. The predicted octanol–water partition coefficient (Wildman–Crippen LogP) is 12.1. The lowest BCUT2D eigenvalue weighted by Gasteiger charge is -2.47. The molecule has 0 saturated carbocycles. The fraction of sp³-hybridized carbons (Fsp3) is 0.118. The molecule has 8 aromatic carbocycles. The number of nitrogens with one attached hydrogen (secondary N) is 1. The van der Waals surface area contributed by atoms with E-state index in [1.807, 2.05) is 0 Å². The van der Waals surface area contributed by atoms with E-state index in [4.69, 9.17) is 10.3 Å². The third-order valence-electron chi connectivity index (χ3n) is 12.3. The first-order chi connectivity index (χ1) is 26.5. The monoisotopic (exact) mass is 692 g/mol. The zero-order chi connectivity index (χ0) is 36.0. The molecule has 2 atom stereocenters. The summed E-state index contributed by atoms with van der Waals surface area (Å²) in [7, 11) is 0. The molecule has 54 heavy (non-hydrogen) atoms. The van der Waals surface area contributed by atoms with E-state index in [2.05, 4.69) is 195 Å². The molecule has 2 aliphatic carbocycles. The molecule has 1 N–H and O–H groups in total. The fourth-order valence-corrected chi connectivity index (χ4v) is 9.93. The molecular formula is C51H38N3-. The Morgan fingerprint density at radius 1 is 0.500 bits per heavy atom. The maximum absolute atomic E-state index is 5.51. The number of hydrogen-bond acceptors (Lipinski definition) is 2. The number of nitrogens with zero attached hydrogens (tertiary/aromatic N) is 2. The maximum Gasteiger partial charge on any atom is 0.0719 e. The van der Waals surface area contributed by atoms with Crippen LogP contribution in [0, 0.1) is 0 Å². The molecule has 11 rings (SSSR count). The lowest BCUT2D eigenvalue weighted by atomic mass is 9.55. The molecule has 0 saturated heterocycles. The lowest BCUT2D eigenvalue weighted by molar-refractivity contribution is 0.491. The van der Waals surface area contributed by atoms with Gasteiger partial charge in [0.05, 0.1) is 5.41 Å². The van der Waals surface area contributed by atoms with Gasteiger partial charge in [0.1, 0.15) is 0 Å². The van der Waals surface area contributed by atoms with E-state index in [9.17, 15) is 0 Å². The Hall–Kier alpha value is -6.29. The molecule has 3 aliphatic rings. The van der Waals surface area contributed by atoms with Crippen LogP contribution in [0.2, 0.25) is 0 Å². The Morgan fingerprint density at radius 3 is 1.81 bits per heavy atom. The van der Waals surface area contributed by atoms with E-state index >= 15 is 0 Å². The Kier molecular flexibility index (Phi) is 6.72. The van der Waals surface area contributed by atoms with Crippen LogP contribution in [-0.2, 0) is 10.8 Å². The summed E-state index contributed by atoms with van der Waals surface area (Å²) >= 11 is 0. The van der Waals surface area contributed by atoms with E-state index in [1.54, 1.807) is 0 Å². The number of amidine groups is 1. The van der Waals surface area contributed by atoms with Crippen LogP contribution in [0.15, 0.2) is 181 Å². The molecule has 0 aromatic heterocycles. The van der Waals surface area contributed by atoms with Gasteiger partial charge in [-0.2, -0.15) is 0 Å². The van der Waals surface area contributed by atoms with Crippen LogP contribution in [0.3, 0.4) is 0 Å². The molecule has 1 aliphatic heterocycles. The predicted molar refractivity (Wildman–Crippen MR) is 222 cm³/mol. The third kappa shape index (κ3) is 4.30. The Bertz CT molecular complexity index is 2780. The van der Waals surface area contributed by atoms with Gasteiger partial charge in [-0.15, -0.1) is 0 Å². The lowest BCUT2D eigenvalue weighted by Crippen LogP contribution is -2.40. The summed E-state index contributed by atoms with van der Waals surface area (Å²) < 4.78 is 0. The first-order valence-corrected chi connectivity index (χ1v) is 19.0. The van der Waals surface area contributed by atoms with Gasteiger partial charge in [0.2, 0.25) is 0 Å². The standard InChI is InChI=1S/C51H38N3/c1-50(2)42-24-12-14-26-44(42)51(45-27-15-13-25-43(45)50)41-23-11-10-22-38(41)39-29-28-34(31-46(39)51)48-52-47(32-16-4-3-5-17-32)53-49(54-48)40-30-33-18-6-7-19-35(33)36-20-8-9-21-37(36)40/h3-31,47,49,53H,1-2H3/q-1. The normalized spacial score (nSPS) is 18.7. The van der Waals surface area contributed by atoms with Crippen molar-refractivity contribution >= 4 is 27.4 Å². The smallest absolute Gasteiger partial charge is 0.0719 e. The number of rotatable bonds is 3. The van der Waals surface area contributed by atoms with Gasteiger partial charge in [0, 0.05) is 17.7 Å².